The number of allylic oxidation sites excluding steroid dienone is 6. The van der Waals surface area contributed by atoms with Crippen molar-refractivity contribution < 1.29 is 19.5 Å². The van der Waals surface area contributed by atoms with Crippen molar-refractivity contribution in [2.24, 2.45) is 22.2 Å². The zero-order valence-corrected chi connectivity index (χ0v) is 17.7. The van der Waals surface area contributed by atoms with Crippen LogP contribution >= 0.6 is 0 Å². The zero-order chi connectivity index (χ0) is 21.5. The molecule has 2 rings (SSSR count). The summed E-state index contributed by atoms with van der Waals surface area (Å²) in [5, 5.41) is 11.0. The lowest BCUT2D eigenvalue weighted by Gasteiger charge is -2.60. The van der Waals surface area contributed by atoms with Gasteiger partial charge < -0.3 is 5.11 Å². The van der Waals surface area contributed by atoms with E-state index in [4.69, 9.17) is 0 Å². The maximum Gasteiger partial charge on any atom is 0.184 e. The molecule has 0 saturated heterocycles. The number of hydrogen-bond acceptors (Lipinski definition) is 4. The van der Waals surface area contributed by atoms with Crippen molar-refractivity contribution in [2.75, 3.05) is 0 Å². The van der Waals surface area contributed by atoms with E-state index in [0.717, 1.165) is 5.57 Å². The van der Waals surface area contributed by atoms with Crippen LogP contribution in [0.2, 0.25) is 0 Å². The Morgan fingerprint density at radius 3 is 2.18 bits per heavy atom. The van der Waals surface area contributed by atoms with Gasteiger partial charge in [-0.15, -0.1) is 13.2 Å². The summed E-state index contributed by atoms with van der Waals surface area (Å²) in [5.74, 6) is -1.76. The molecule has 0 aromatic heterocycles. The van der Waals surface area contributed by atoms with Gasteiger partial charge in [-0.1, -0.05) is 37.6 Å². The van der Waals surface area contributed by atoms with Crippen LogP contribution in [0.3, 0.4) is 0 Å². The van der Waals surface area contributed by atoms with Crippen LogP contribution in [-0.2, 0) is 14.4 Å². The first-order valence-corrected chi connectivity index (χ1v) is 9.83. The monoisotopic (exact) mass is 384 g/mol. The Bertz CT molecular complexity index is 806. The molecule has 1 N–H and O–H groups in total. The average Bonchev–Trinajstić information content (AvgIpc) is 2.58. The molecule has 28 heavy (non-hydrogen) atoms. The molecule has 1 saturated carbocycles. The number of carbonyl (C=O) groups is 3. The molecular weight excluding hydrogens is 352 g/mol. The second-order valence-corrected chi connectivity index (χ2v) is 9.05. The van der Waals surface area contributed by atoms with Gasteiger partial charge in [0.15, 0.2) is 17.3 Å². The van der Waals surface area contributed by atoms with Crippen LogP contribution < -0.4 is 0 Å². The quantitative estimate of drug-likeness (QED) is 0.378. The Balaban J connectivity index is 2.91. The van der Waals surface area contributed by atoms with E-state index in [1.165, 1.54) is 6.92 Å². The van der Waals surface area contributed by atoms with Gasteiger partial charge in [0.2, 0.25) is 0 Å². The van der Waals surface area contributed by atoms with Crippen LogP contribution in [0.25, 0.3) is 0 Å². The first kappa shape index (κ1) is 22.1. The topological polar surface area (TPSA) is 71.4 Å². The number of hydrogen-bond donors (Lipinski definition) is 1. The lowest BCUT2D eigenvalue weighted by molar-refractivity contribution is -0.171. The van der Waals surface area contributed by atoms with E-state index < -0.39 is 27.8 Å². The highest BCUT2D eigenvalue weighted by atomic mass is 16.3. The number of ketones is 3. The Morgan fingerprint density at radius 1 is 1.14 bits per heavy atom. The Morgan fingerprint density at radius 2 is 1.71 bits per heavy atom. The van der Waals surface area contributed by atoms with Crippen molar-refractivity contribution in [2.45, 2.75) is 60.3 Å². The van der Waals surface area contributed by atoms with E-state index in [-0.39, 0.29) is 35.9 Å². The van der Waals surface area contributed by atoms with Crippen molar-refractivity contribution in [1.82, 2.24) is 0 Å². The molecule has 0 amide bonds. The van der Waals surface area contributed by atoms with Gasteiger partial charge in [0.1, 0.15) is 11.2 Å². The molecule has 1 fully saturated rings. The summed E-state index contributed by atoms with van der Waals surface area (Å²) < 4.78 is 0. The Hall–Kier alpha value is -2.23. The van der Waals surface area contributed by atoms with Crippen LogP contribution in [-0.4, -0.2) is 22.5 Å². The molecule has 2 aliphatic rings. The molecule has 0 aromatic rings. The summed E-state index contributed by atoms with van der Waals surface area (Å²) in [6.07, 6.45) is 6.70. The highest BCUT2D eigenvalue weighted by molar-refractivity contribution is 6.31. The zero-order valence-electron chi connectivity index (χ0n) is 17.7. The maximum absolute atomic E-state index is 13.9. The van der Waals surface area contributed by atoms with Gasteiger partial charge in [0, 0.05) is 0 Å². The third-order valence-electron chi connectivity index (χ3n) is 6.95. The van der Waals surface area contributed by atoms with Crippen molar-refractivity contribution in [3.63, 3.8) is 0 Å². The van der Waals surface area contributed by atoms with Crippen LogP contribution in [0.1, 0.15) is 60.3 Å². The highest BCUT2D eigenvalue weighted by Crippen LogP contribution is 2.66. The first-order chi connectivity index (χ1) is 12.9. The van der Waals surface area contributed by atoms with Crippen molar-refractivity contribution in [1.29, 1.82) is 0 Å². The molecule has 0 unspecified atom stereocenters. The number of carbonyl (C=O) groups excluding carboxylic acids is 3. The maximum atomic E-state index is 13.9. The third kappa shape index (κ3) is 2.76. The molecule has 0 heterocycles. The summed E-state index contributed by atoms with van der Waals surface area (Å²) in [6, 6.07) is 0. The van der Waals surface area contributed by atoms with Gasteiger partial charge in [-0.2, -0.15) is 0 Å². The largest absolute Gasteiger partial charge is 0.510 e. The lowest BCUT2D eigenvalue weighted by atomic mass is 9.40. The van der Waals surface area contributed by atoms with Gasteiger partial charge in [-0.25, -0.2) is 0 Å². The minimum atomic E-state index is -1.41. The van der Waals surface area contributed by atoms with E-state index in [1.54, 1.807) is 12.2 Å². The second-order valence-electron chi connectivity index (χ2n) is 9.05. The molecule has 0 aliphatic heterocycles. The summed E-state index contributed by atoms with van der Waals surface area (Å²) in [5.41, 5.74) is -2.47. The van der Waals surface area contributed by atoms with Crippen LogP contribution in [0.5, 0.6) is 0 Å². The fourth-order valence-corrected chi connectivity index (χ4v) is 5.24. The van der Waals surface area contributed by atoms with Gasteiger partial charge >= 0.3 is 0 Å². The van der Waals surface area contributed by atoms with E-state index >= 15 is 0 Å². The summed E-state index contributed by atoms with van der Waals surface area (Å²) in [4.78, 5) is 39.8. The number of fused-ring (bicyclic) bond motifs is 2. The molecule has 4 nitrogen and oxygen atoms in total. The molecule has 0 radical (unpaired) electrons. The first-order valence-electron chi connectivity index (χ1n) is 9.83. The van der Waals surface area contributed by atoms with Crippen molar-refractivity contribution in [3.05, 3.63) is 48.3 Å². The fraction of sp³-hybridized carbons (Fsp3) is 0.542. The van der Waals surface area contributed by atoms with Gasteiger partial charge in [0.05, 0.1) is 11.0 Å². The molecular formula is C24H32O4. The molecule has 152 valence electrons. The fourth-order valence-electron chi connectivity index (χ4n) is 5.24. The molecule has 4 heteroatoms. The highest BCUT2D eigenvalue weighted by Gasteiger charge is 2.71. The van der Waals surface area contributed by atoms with Gasteiger partial charge in [-0.3, -0.25) is 14.4 Å². The van der Waals surface area contributed by atoms with Gasteiger partial charge in [-0.05, 0) is 57.8 Å². The summed E-state index contributed by atoms with van der Waals surface area (Å²) >= 11 is 0. The Kier molecular flexibility index (Phi) is 5.76. The molecule has 3 atom stereocenters. The predicted octanol–water partition coefficient (Wildman–Crippen LogP) is 5.07. The molecule has 2 aliphatic carbocycles. The van der Waals surface area contributed by atoms with Gasteiger partial charge in [0.25, 0.3) is 0 Å². The standard InChI is InChI=1S/C24H32O4/c1-8-12-23-14-17(11-10-15(3)4)22(6,7)24(13-9-2,21(23)28)20(27)18(16(5)25)19(23)26/h8-10,17,26H,1-2,11-14H2,3-7H3/t17-,23+,24-/m1/s1. The van der Waals surface area contributed by atoms with E-state index in [2.05, 4.69) is 19.2 Å². The number of Topliss-reactive ketones (excluding diaryl/α,β-unsaturated/α-hetero) is 3. The second kappa shape index (κ2) is 7.31. The predicted molar refractivity (Wildman–Crippen MR) is 111 cm³/mol. The third-order valence-corrected chi connectivity index (χ3v) is 6.95. The van der Waals surface area contributed by atoms with Crippen molar-refractivity contribution >= 4 is 17.3 Å². The summed E-state index contributed by atoms with van der Waals surface area (Å²) in [7, 11) is 0. The minimum Gasteiger partial charge on any atom is -0.510 e. The summed E-state index contributed by atoms with van der Waals surface area (Å²) in [6.45, 7) is 16.7. The lowest BCUT2D eigenvalue weighted by Crippen LogP contribution is -2.66. The Labute approximate surface area is 168 Å². The minimum absolute atomic E-state index is 0.0281. The van der Waals surface area contributed by atoms with E-state index in [0.29, 0.717) is 12.8 Å². The molecule has 2 bridgehead atoms. The van der Waals surface area contributed by atoms with Crippen molar-refractivity contribution in [3.8, 4) is 0 Å². The number of rotatable bonds is 7. The van der Waals surface area contributed by atoms with E-state index in [9.17, 15) is 19.5 Å². The van der Waals surface area contributed by atoms with Crippen LogP contribution in [0, 0.1) is 22.2 Å². The van der Waals surface area contributed by atoms with Crippen LogP contribution in [0.4, 0.5) is 0 Å². The molecule has 0 spiro atoms. The number of aliphatic hydroxyl groups is 1. The van der Waals surface area contributed by atoms with E-state index in [1.807, 2.05) is 27.7 Å². The smallest absolute Gasteiger partial charge is 0.184 e. The number of aliphatic hydroxyl groups excluding tert-OH is 1. The normalized spacial score (nSPS) is 31.4. The average molecular weight is 385 g/mol. The molecule has 0 aromatic carbocycles. The van der Waals surface area contributed by atoms with Crippen LogP contribution in [0.15, 0.2) is 48.3 Å². The SMILES string of the molecule is C=CC[C@]12C[C@@H](CC=C(C)C)C(C)(C)[C@](CC=C)(C(=O)C(C(C)=O)=C1O)C2=O.